The molecular weight excluding hydrogens is 188 g/mol. The van der Waals surface area contributed by atoms with Crippen molar-refractivity contribution in [1.82, 2.24) is 9.88 Å². The molecule has 0 spiro atoms. The van der Waals surface area contributed by atoms with E-state index in [0.717, 1.165) is 37.7 Å². The molecule has 1 aromatic rings. The molecule has 1 saturated heterocycles. The first-order chi connectivity index (χ1) is 7.27. The highest BCUT2D eigenvalue weighted by Gasteiger charge is 2.14. The van der Waals surface area contributed by atoms with Crippen molar-refractivity contribution in [2.45, 2.75) is 6.42 Å². The fourth-order valence-corrected chi connectivity index (χ4v) is 1.93. The van der Waals surface area contributed by atoms with Crippen LogP contribution in [-0.2, 0) is 0 Å². The summed E-state index contributed by atoms with van der Waals surface area (Å²) in [5.74, 6) is 0.938. The van der Waals surface area contributed by atoms with E-state index in [0.29, 0.717) is 0 Å². The molecule has 4 heteroatoms. The second-order valence-corrected chi connectivity index (χ2v) is 4.06. The molecule has 0 atom stereocenters. The number of hydrogen-bond acceptors (Lipinski definition) is 4. The van der Waals surface area contributed by atoms with Gasteiger partial charge in [-0.15, -0.1) is 0 Å². The van der Waals surface area contributed by atoms with E-state index in [1.54, 1.807) is 6.20 Å². The van der Waals surface area contributed by atoms with Gasteiger partial charge in [0.25, 0.3) is 0 Å². The molecule has 0 amide bonds. The van der Waals surface area contributed by atoms with Gasteiger partial charge < -0.3 is 15.5 Å². The fourth-order valence-electron chi connectivity index (χ4n) is 1.93. The largest absolute Gasteiger partial charge is 0.396 e. The van der Waals surface area contributed by atoms with Crippen LogP contribution in [0.25, 0.3) is 0 Å². The predicted molar refractivity (Wildman–Crippen MR) is 63.0 cm³/mol. The van der Waals surface area contributed by atoms with Gasteiger partial charge in [0.15, 0.2) is 5.82 Å². The van der Waals surface area contributed by atoms with E-state index in [1.807, 2.05) is 12.1 Å². The van der Waals surface area contributed by atoms with Gasteiger partial charge in [-0.25, -0.2) is 4.98 Å². The molecular formula is C11H18N4. The van der Waals surface area contributed by atoms with Crippen LogP contribution in [0.4, 0.5) is 11.5 Å². The van der Waals surface area contributed by atoms with E-state index in [2.05, 4.69) is 21.8 Å². The molecule has 0 unspecified atom stereocenters. The Labute approximate surface area is 90.7 Å². The molecule has 0 aliphatic carbocycles. The zero-order valence-electron chi connectivity index (χ0n) is 9.19. The van der Waals surface area contributed by atoms with Crippen molar-refractivity contribution in [3.8, 4) is 0 Å². The Balaban J connectivity index is 2.13. The topological polar surface area (TPSA) is 45.4 Å². The first kappa shape index (κ1) is 10.2. The molecule has 1 fully saturated rings. The summed E-state index contributed by atoms with van der Waals surface area (Å²) in [6.45, 7) is 4.29. The van der Waals surface area contributed by atoms with Crippen LogP contribution in [0.1, 0.15) is 6.42 Å². The van der Waals surface area contributed by atoms with E-state index >= 15 is 0 Å². The highest BCUT2D eigenvalue weighted by molar-refractivity contribution is 5.62. The van der Waals surface area contributed by atoms with E-state index in [9.17, 15) is 0 Å². The maximum Gasteiger partial charge on any atom is 0.151 e. The molecule has 0 aromatic carbocycles. The molecule has 2 rings (SSSR count). The minimum Gasteiger partial charge on any atom is -0.396 e. The first-order valence-corrected chi connectivity index (χ1v) is 5.41. The molecule has 1 aromatic heterocycles. The monoisotopic (exact) mass is 206 g/mol. The molecule has 0 saturated carbocycles. The molecule has 1 aliphatic heterocycles. The highest BCUT2D eigenvalue weighted by Crippen LogP contribution is 2.20. The van der Waals surface area contributed by atoms with Crippen molar-refractivity contribution in [3.05, 3.63) is 18.3 Å². The smallest absolute Gasteiger partial charge is 0.151 e. The highest BCUT2D eigenvalue weighted by atomic mass is 15.2. The number of hydrogen-bond donors (Lipinski definition) is 1. The normalized spacial score (nSPS) is 18.9. The maximum absolute atomic E-state index is 5.92. The second-order valence-electron chi connectivity index (χ2n) is 4.06. The zero-order valence-corrected chi connectivity index (χ0v) is 9.19. The lowest BCUT2D eigenvalue weighted by Crippen LogP contribution is -2.29. The van der Waals surface area contributed by atoms with E-state index < -0.39 is 0 Å². The molecule has 2 N–H and O–H groups in total. The summed E-state index contributed by atoms with van der Waals surface area (Å²) < 4.78 is 0. The van der Waals surface area contributed by atoms with E-state index in [-0.39, 0.29) is 0 Å². The summed E-state index contributed by atoms with van der Waals surface area (Å²) in [7, 11) is 2.16. The van der Waals surface area contributed by atoms with Crippen LogP contribution in [0.3, 0.4) is 0 Å². The van der Waals surface area contributed by atoms with Gasteiger partial charge in [-0.3, -0.25) is 0 Å². The van der Waals surface area contributed by atoms with Crippen LogP contribution in [0.15, 0.2) is 18.3 Å². The molecule has 0 bridgehead atoms. The molecule has 15 heavy (non-hydrogen) atoms. The van der Waals surface area contributed by atoms with Crippen LogP contribution in [0.2, 0.25) is 0 Å². The van der Waals surface area contributed by atoms with Crippen LogP contribution >= 0.6 is 0 Å². The summed E-state index contributed by atoms with van der Waals surface area (Å²) in [6.07, 6.45) is 2.98. The minimum atomic E-state index is 0.780. The van der Waals surface area contributed by atoms with Gasteiger partial charge >= 0.3 is 0 Å². The third-order valence-electron chi connectivity index (χ3n) is 2.84. The molecule has 1 aliphatic rings. The second kappa shape index (κ2) is 4.49. The van der Waals surface area contributed by atoms with Gasteiger partial charge in [0.05, 0.1) is 5.69 Å². The van der Waals surface area contributed by atoms with Crippen LogP contribution < -0.4 is 10.6 Å². The van der Waals surface area contributed by atoms with Gasteiger partial charge in [-0.2, -0.15) is 0 Å². The quantitative estimate of drug-likeness (QED) is 0.738. The Hall–Kier alpha value is -1.29. The average molecular weight is 206 g/mol. The standard InChI is InChI=1S/C11H18N4/c1-14-6-3-7-15(9-8-14)11-10(12)4-2-5-13-11/h2,4-5H,3,6-9,12H2,1H3. The number of likely N-dealkylation sites (N-methyl/N-ethyl adjacent to an activating group) is 1. The Bertz CT molecular complexity index is 326. The number of pyridine rings is 1. The Morgan fingerprint density at radius 1 is 1.27 bits per heavy atom. The lowest BCUT2D eigenvalue weighted by molar-refractivity contribution is 0.360. The van der Waals surface area contributed by atoms with Gasteiger partial charge in [-0.1, -0.05) is 0 Å². The summed E-state index contributed by atoms with van der Waals surface area (Å²) in [5.41, 5.74) is 6.70. The number of anilines is 2. The predicted octanol–water partition coefficient (Wildman–Crippen LogP) is 0.806. The summed E-state index contributed by atoms with van der Waals surface area (Å²) in [5, 5.41) is 0. The zero-order chi connectivity index (χ0) is 10.7. The molecule has 2 heterocycles. The van der Waals surface area contributed by atoms with Crippen molar-refractivity contribution in [1.29, 1.82) is 0 Å². The Kier molecular flexibility index (Phi) is 3.06. The molecule has 0 radical (unpaired) electrons. The van der Waals surface area contributed by atoms with Crippen molar-refractivity contribution < 1.29 is 0 Å². The number of aromatic nitrogens is 1. The van der Waals surface area contributed by atoms with E-state index in [4.69, 9.17) is 5.73 Å². The van der Waals surface area contributed by atoms with Crippen molar-refractivity contribution in [3.63, 3.8) is 0 Å². The van der Waals surface area contributed by atoms with Gasteiger partial charge in [0.1, 0.15) is 0 Å². The van der Waals surface area contributed by atoms with Crippen LogP contribution in [-0.4, -0.2) is 43.1 Å². The fraction of sp³-hybridized carbons (Fsp3) is 0.545. The van der Waals surface area contributed by atoms with Crippen LogP contribution in [0, 0.1) is 0 Å². The molecule has 4 nitrogen and oxygen atoms in total. The maximum atomic E-state index is 5.92. The summed E-state index contributed by atoms with van der Waals surface area (Å²) >= 11 is 0. The van der Waals surface area contributed by atoms with Crippen molar-refractivity contribution in [2.75, 3.05) is 43.9 Å². The first-order valence-electron chi connectivity index (χ1n) is 5.41. The van der Waals surface area contributed by atoms with Crippen LogP contribution in [0.5, 0.6) is 0 Å². The van der Waals surface area contributed by atoms with Gasteiger partial charge in [0.2, 0.25) is 0 Å². The number of nitrogen functional groups attached to an aromatic ring is 1. The Morgan fingerprint density at radius 3 is 2.93 bits per heavy atom. The third kappa shape index (κ3) is 2.39. The number of nitrogens with zero attached hydrogens (tertiary/aromatic N) is 3. The Morgan fingerprint density at radius 2 is 2.13 bits per heavy atom. The average Bonchev–Trinajstić information content (AvgIpc) is 2.44. The minimum absolute atomic E-state index is 0.780. The summed E-state index contributed by atoms with van der Waals surface area (Å²) in [4.78, 5) is 8.97. The molecule has 82 valence electrons. The number of rotatable bonds is 1. The van der Waals surface area contributed by atoms with Crippen molar-refractivity contribution in [2.24, 2.45) is 0 Å². The van der Waals surface area contributed by atoms with Crippen molar-refractivity contribution >= 4 is 11.5 Å². The lowest BCUT2D eigenvalue weighted by atomic mass is 10.3. The summed E-state index contributed by atoms with van der Waals surface area (Å²) in [6, 6.07) is 3.79. The van der Waals surface area contributed by atoms with E-state index in [1.165, 1.54) is 6.42 Å². The number of nitrogens with two attached hydrogens (primary N) is 1. The van der Waals surface area contributed by atoms with Gasteiger partial charge in [0, 0.05) is 25.8 Å². The third-order valence-corrected chi connectivity index (χ3v) is 2.84. The lowest BCUT2D eigenvalue weighted by Gasteiger charge is -2.22. The van der Waals surface area contributed by atoms with Gasteiger partial charge in [-0.05, 0) is 32.1 Å². The SMILES string of the molecule is CN1CCCN(c2ncccc2N)CC1.